The average Bonchev–Trinajstić information content (AvgIpc) is 2.88. The van der Waals surface area contributed by atoms with E-state index in [1.807, 2.05) is 24.3 Å². The molecule has 1 amide bonds. The van der Waals surface area contributed by atoms with Crippen LogP contribution in [0, 0.1) is 0 Å². The summed E-state index contributed by atoms with van der Waals surface area (Å²) in [5.74, 6) is -0.243. The zero-order valence-corrected chi connectivity index (χ0v) is 10.6. The minimum absolute atomic E-state index is 0.243. The van der Waals surface area contributed by atoms with Crippen molar-refractivity contribution < 1.29 is 4.79 Å². The number of carbonyl (C=O) groups excluding carboxylic acids is 1. The predicted molar refractivity (Wildman–Crippen MR) is 74.9 cm³/mol. The second kappa shape index (κ2) is 5.03. The molecule has 19 heavy (non-hydrogen) atoms. The highest BCUT2D eigenvalue weighted by molar-refractivity contribution is 7.22. The van der Waals surface area contributed by atoms with Crippen LogP contribution < -0.4 is 10.9 Å². The summed E-state index contributed by atoms with van der Waals surface area (Å²) < 4.78 is 1.07. The zero-order valence-electron chi connectivity index (χ0n) is 9.83. The van der Waals surface area contributed by atoms with E-state index < -0.39 is 0 Å². The van der Waals surface area contributed by atoms with Gasteiger partial charge in [-0.15, -0.1) is 0 Å². The van der Waals surface area contributed by atoms with Gasteiger partial charge in [0.25, 0.3) is 5.91 Å². The van der Waals surface area contributed by atoms with E-state index in [4.69, 9.17) is 0 Å². The van der Waals surface area contributed by atoms with Crippen molar-refractivity contribution in [3.63, 3.8) is 0 Å². The van der Waals surface area contributed by atoms with Gasteiger partial charge in [0.1, 0.15) is 0 Å². The molecule has 3 aromatic rings. The van der Waals surface area contributed by atoms with Gasteiger partial charge in [-0.2, -0.15) is 0 Å². The fourth-order valence-corrected chi connectivity index (χ4v) is 2.42. The molecule has 6 heteroatoms. The van der Waals surface area contributed by atoms with Gasteiger partial charge in [0, 0.05) is 12.4 Å². The Morgan fingerprint density at radius 1 is 1.16 bits per heavy atom. The van der Waals surface area contributed by atoms with E-state index >= 15 is 0 Å². The molecule has 0 aliphatic rings. The lowest BCUT2D eigenvalue weighted by Crippen LogP contribution is -2.29. The number of nitrogens with one attached hydrogen (secondary N) is 2. The summed E-state index contributed by atoms with van der Waals surface area (Å²) in [6, 6.07) is 11.2. The van der Waals surface area contributed by atoms with Gasteiger partial charge in [0.15, 0.2) is 0 Å². The van der Waals surface area contributed by atoms with Crippen molar-refractivity contribution in [2.75, 3.05) is 5.43 Å². The molecule has 0 saturated heterocycles. The summed E-state index contributed by atoms with van der Waals surface area (Å²) >= 11 is 1.48. The maximum absolute atomic E-state index is 11.8. The number of hydrazine groups is 1. The summed E-state index contributed by atoms with van der Waals surface area (Å²) in [5, 5.41) is 0.651. The van der Waals surface area contributed by atoms with Crippen molar-refractivity contribution >= 4 is 32.6 Å². The predicted octanol–water partition coefficient (Wildman–Crippen LogP) is 2.45. The maximum atomic E-state index is 11.8. The minimum Gasteiger partial charge on any atom is -0.273 e. The Labute approximate surface area is 113 Å². The maximum Gasteiger partial charge on any atom is 0.271 e. The highest BCUT2D eigenvalue weighted by atomic mass is 32.1. The van der Waals surface area contributed by atoms with Gasteiger partial charge in [-0.1, -0.05) is 23.5 Å². The highest BCUT2D eigenvalue weighted by Gasteiger charge is 2.06. The van der Waals surface area contributed by atoms with Crippen molar-refractivity contribution in [2.45, 2.75) is 0 Å². The van der Waals surface area contributed by atoms with Crippen LogP contribution in [0.4, 0.5) is 5.13 Å². The molecule has 3 rings (SSSR count). The number of pyridine rings is 1. The topological polar surface area (TPSA) is 66.9 Å². The molecule has 0 unspecified atom stereocenters. The first-order valence-corrected chi connectivity index (χ1v) is 6.46. The van der Waals surface area contributed by atoms with Gasteiger partial charge in [-0.05, 0) is 24.3 Å². The molecule has 2 aromatic heterocycles. The molecule has 0 radical (unpaired) electrons. The molecule has 2 N–H and O–H groups in total. The molecular weight excluding hydrogens is 260 g/mol. The third-order valence-electron chi connectivity index (χ3n) is 2.50. The number of nitrogens with zero attached hydrogens (tertiary/aromatic N) is 2. The summed E-state index contributed by atoms with van der Waals surface area (Å²) in [5.41, 5.74) is 6.81. The van der Waals surface area contributed by atoms with Crippen LogP contribution in [-0.2, 0) is 0 Å². The van der Waals surface area contributed by atoms with Crippen LogP contribution >= 0.6 is 11.3 Å². The van der Waals surface area contributed by atoms with Gasteiger partial charge in [0.2, 0.25) is 5.13 Å². The normalized spacial score (nSPS) is 10.3. The van der Waals surface area contributed by atoms with E-state index in [0.717, 1.165) is 10.2 Å². The number of anilines is 1. The van der Waals surface area contributed by atoms with Crippen LogP contribution in [0.25, 0.3) is 10.2 Å². The molecule has 0 spiro atoms. The number of para-hydroxylation sites is 1. The van der Waals surface area contributed by atoms with Crippen LogP contribution in [0.5, 0.6) is 0 Å². The number of hydrogen-bond donors (Lipinski definition) is 2. The first-order chi connectivity index (χ1) is 9.33. The van der Waals surface area contributed by atoms with Gasteiger partial charge >= 0.3 is 0 Å². The first kappa shape index (κ1) is 11.6. The molecule has 0 aliphatic heterocycles. The fraction of sp³-hybridized carbons (Fsp3) is 0. The Morgan fingerprint density at radius 3 is 2.84 bits per heavy atom. The largest absolute Gasteiger partial charge is 0.273 e. The average molecular weight is 270 g/mol. The third kappa shape index (κ3) is 2.53. The van der Waals surface area contributed by atoms with Gasteiger partial charge < -0.3 is 0 Å². The number of benzene rings is 1. The van der Waals surface area contributed by atoms with Gasteiger partial charge in [0.05, 0.1) is 15.8 Å². The van der Waals surface area contributed by atoms with E-state index in [0.29, 0.717) is 10.7 Å². The quantitative estimate of drug-likeness (QED) is 0.717. The Bertz CT molecular complexity index is 678. The van der Waals surface area contributed by atoms with E-state index in [2.05, 4.69) is 20.8 Å². The number of thiazole rings is 1. The fourth-order valence-electron chi connectivity index (χ4n) is 1.61. The lowest BCUT2D eigenvalue weighted by atomic mass is 10.3. The molecule has 0 aliphatic carbocycles. The lowest BCUT2D eigenvalue weighted by molar-refractivity contribution is 0.0962. The molecule has 0 atom stereocenters. The molecule has 94 valence electrons. The number of hydrogen-bond acceptors (Lipinski definition) is 5. The van der Waals surface area contributed by atoms with Crippen LogP contribution in [0.3, 0.4) is 0 Å². The lowest BCUT2D eigenvalue weighted by Gasteiger charge is -2.04. The Kier molecular flexibility index (Phi) is 3.07. The molecule has 5 nitrogen and oxygen atoms in total. The number of amides is 1. The summed E-state index contributed by atoms with van der Waals surface area (Å²) in [7, 11) is 0. The van der Waals surface area contributed by atoms with Crippen molar-refractivity contribution in [1.82, 2.24) is 15.4 Å². The van der Waals surface area contributed by atoms with Crippen molar-refractivity contribution in [1.29, 1.82) is 0 Å². The van der Waals surface area contributed by atoms with Crippen molar-refractivity contribution in [3.8, 4) is 0 Å². The van der Waals surface area contributed by atoms with Gasteiger partial charge in [-0.25, -0.2) is 4.98 Å². The Balaban J connectivity index is 1.71. The molecule has 0 bridgehead atoms. The van der Waals surface area contributed by atoms with E-state index in [1.165, 1.54) is 17.5 Å². The van der Waals surface area contributed by atoms with E-state index in [-0.39, 0.29) is 5.91 Å². The first-order valence-electron chi connectivity index (χ1n) is 5.65. The minimum atomic E-state index is -0.243. The monoisotopic (exact) mass is 270 g/mol. The van der Waals surface area contributed by atoms with Crippen LogP contribution in [0.1, 0.15) is 10.4 Å². The van der Waals surface area contributed by atoms with Gasteiger partial charge in [-0.3, -0.25) is 20.6 Å². The Hall–Kier alpha value is -2.47. The SMILES string of the molecule is O=C(NNc1nc2ccccc2s1)c1cccnc1. The van der Waals surface area contributed by atoms with Crippen molar-refractivity contribution in [3.05, 3.63) is 54.4 Å². The molecule has 1 aromatic carbocycles. The summed E-state index contributed by atoms with van der Waals surface area (Å²) in [6.45, 7) is 0. The molecule has 0 saturated carbocycles. The standard InChI is InChI=1S/C13H10N4OS/c18-12(9-4-3-7-14-8-9)16-17-13-15-10-5-1-2-6-11(10)19-13/h1-8H,(H,15,17)(H,16,18). The molecule has 2 heterocycles. The third-order valence-corrected chi connectivity index (χ3v) is 3.45. The summed E-state index contributed by atoms with van der Waals surface area (Å²) in [4.78, 5) is 20.0. The number of fused-ring (bicyclic) bond motifs is 1. The van der Waals surface area contributed by atoms with E-state index in [1.54, 1.807) is 18.3 Å². The van der Waals surface area contributed by atoms with Crippen LogP contribution in [0.15, 0.2) is 48.8 Å². The second-order valence-corrected chi connectivity index (χ2v) is 4.84. The highest BCUT2D eigenvalue weighted by Crippen LogP contribution is 2.24. The van der Waals surface area contributed by atoms with Crippen LogP contribution in [-0.4, -0.2) is 15.9 Å². The zero-order chi connectivity index (χ0) is 13.1. The van der Waals surface area contributed by atoms with Crippen molar-refractivity contribution in [2.24, 2.45) is 0 Å². The number of carbonyl (C=O) groups is 1. The number of rotatable bonds is 3. The molecule has 0 fully saturated rings. The Morgan fingerprint density at radius 2 is 2.05 bits per heavy atom. The smallest absolute Gasteiger partial charge is 0.271 e. The second-order valence-electron chi connectivity index (χ2n) is 3.81. The van der Waals surface area contributed by atoms with Crippen LogP contribution in [0.2, 0.25) is 0 Å². The van der Waals surface area contributed by atoms with E-state index in [9.17, 15) is 4.79 Å². The summed E-state index contributed by atoms with van der Waals surface area (Å²) in [6.07, 6.45) is 3.13. The molecular formula is C13H10N4OS. The number of aromatic nitrogens is 2.